The molecule has 0 heterocycles. The van der Waals surface area contributed by atoms with Crippen molar-refractivity contribution in [2.24, 2.45) is 5.73 Å². The fourth-order valence-corrected chi connectivity index (χ4v) is 1.38. The minimum Gasteiger partial charge on any atom is -0.468 e. The van der Waals surface area contributed by atoms with Gasteiger partial charge in [0.1, 0.15) is 5.54 Å². The number of ether oxygens (including phenoxy) is 1. The predicted octanol–water partition coefficient (Wildman–Crippen LogP) is 1.51. The maximum Gasteiger partial charge on any atom is 0.325 e. The molecular formula is C12H17NO2. The van der Waals surface area contributed by atoms with Gasteiger partial charge in [-0.1, -0.05) is 30.3 Å². The molecule has 1 aromatic carbocycles. The number of esters is 1. The fraction of sp³-hybridized carbons (Fsp3) is 0.417. The first-order valence-electron chi connectivity index (χ1n) is 4.97. The van der Waals surface area contributed by atoms with Crippen LogP contribution in [-0.2, 0) is 16.0 Å². The van der Waals surface area contributed by atoms with Crippen LogP contribution in [0.4, 0.5) is 0 Å². The van der Waals surface area contributed by atoms with Gasteiger partial charge in [-0.2, -0.15) is 0 Å². The van der Waals surface area contributed by atoms with Gasteiger partial charge in [0, 0.05) is 0 Å². The monoisotopic (exact) mass is 207 g/mol. The molecule has 1 atom stereocenters. The highest BCUT2D eigenvalue weighted by Gasteiger charge is 2.28. The van der Waals surface area contributed by atoms with Crippen molar-refractivity contribution < 1.29 is 9.53 Å². The first-order valence-corrected chi connectivity index (χ1v) is 4.97. The summed E-state index contributed by atoms with van der Waals surface area (Å²) in [5, 5.41) is 0. The fourth-order valence-electron chi connectivity index (χ4n) is 1.38. The van der Waals surface area contributed by atoms with Crippen molar-refractivity contribution in [1.29, 1.82) is 0 Å². The summed E-state index contributed by atoms with van der Waals surface area (Å²) in [6, 6.07) is 9.95. The molecule has 0 fully saturated rings. The molecule has 1 aromatic rings. The van der Waals surface area contributed by atoms with Crippen LogP contribution in [0.5, 0.6) is 0 Å². The number of benzene rings is 1. The lowest BCUT2D eigenvalue weighted by atomic mass is 9.94. The molecule has 0 aromatic heterocycles. The maximum absolute atomic E-state index is 11.3. The topological polar surface area (TPSA) is 52.3 Å². The molecule has 0 spiro atoms. The largest absolute Gasteiger partial charge is 0.468 e. The molecule has 3 nitrogen and oxygen atoms in total. The summed E-state index contributed by atoms with van der Waals surface area (Å²) in [5.74, 6) is -0.363. The lowest BCUT2D eigenvalue weighted by Crippen LogP contribution is -2.46. The highest BCUT2D eigenvalue weighted by Crippen LogP contribution is 2.12. The second-order valence-corrected chi connectivity index (χ2v) is 3.89. The third-order valence-electron chi connectivity index (χ3n) is 2.43. The smallest absolute Gasteiger partial charge is 0.325 e. The zero-order valence-corrected chi connectivity index (χ0v) is 9.19. The van der Waals surface area contributed by atoms with Gasteiger partial charge in [0.2, 0.25) is 0 Å². The first-order chi connectivity index (χ1) is 7.06. The van der Waals surface area contributed by atoms with E-state index in [4.69, 9.17) is 5.73 Å². The number of aryl methyl sites for hydroxylation is 1. The average Bonchev–Trinajstić information content (AvgIpc) is 2.27. The van der Waals surface area contributed by atoms with Crippen LogP contribution in [-0.4, -0.2) is 18.6 Å². The lowest BCUT2D eigenvalue weighted by molar-refractivity contribution is -0.146. The van der Waals surface area contributed by atoms with E-state index in [-0.39, 0.29) is 5.97 Å². The van der Waals surface area contributed by atoms with Gasteiger partial charge in [-0.15, -0.1) is 0 Å². The summed E-state index contributed by atoms with van der Waals surface area (Å²) in [7, 11) is 1.36. The summed E-state index contributed by atoms with van der Waals surface area (Å²) >= 11 is 0. The Kier molecular flexibility index (Phi) is 3.86. The Morgan fingerprint density at radius 2 is 2.00 bits per heavy atom. The van der Waals surface area contributed by atoms with Gasteiger partial charge in [0.25, 0.3) is 0 Å². The van der Waals surface area contributed by atoms with Crippen molar-refractivity contribution in [3.05, 3.63) is 35.9 Å². The number of rotatable bonds is 4. The van der Waals surface area contributed by atoms with E-state index in [1.54, 1.807) is 6.92 Å². The van der Waals surface area contributed by atoms with Crippen LogP contribution in [0.2, 0.25) is 0 Å². The van der Waals surface area contributed by atoms with Crippen molar-refractivity contribution in [2.45, 2.75) is 25.3 Å². The molecular weight excluding hydrogens is 190 g/mol. The minimum atomic E-state index is -0.898. The maximum atomic E-state index is 11.3. The van der Waals surface area contributed by atoms with Crippen LogP contribution >= 0.6 is 0 Å². The molecule has 3 heteroatoms. The molecule has 0 saturated carbocycles. The summed E-state index contributed by atoms with van der Waals surface area (Å²) < 4.78 is 4.64. The second-order valence-electron chi connectivity index (χ2n) is 3.89. The predicted molar refractivity (Wildman–Crippen MR) is 59.4 cm³/mol. The molecule has 1 rings (SSSR count). The SMILES string of the molecule is COC(=O)C(C)(N)CCc1ccccc1. The van der Waals surface area contributed by atoms with Gasteiger partial charge in [-0.25, -0.2) is 0 Å². The van der Waals surface area contributed by atoms with Gasteiger partial charge < -0.3 is 10.5 Å². The summed E-state index contributed by atoms with van der Waals surface area (Å²) in [4.78, 5) is 11.3. The summed E-state index contributed by atoms with van der Waals surface area (Å²) in [6.45, 7) is 1.70. The third-order valence-corrected chi connectivity index (χ3v) is 2.43. The highest BCUT2D eigenvalue weighted by atomic mass is 16.5. The van der Waals surface area contributed by atoms with Gasteiger partial charge in [-0.05, 0) is 25.3 Å². The summed E-state index contributed by atoms with van der Waals surface area (Å²) in [5.41, 5.74) is 6.12. The van der Waals surface area contributed by atoms with E-state index in [0.717, 1.165) is 6.42 Å². The van der Waals surface area contributed by atoms with Gasteiger partial charge in [0.15, 0.2) is 0 Å². The number of hydrogen-bond donors (Lipinski definition) is 1. The number of carbonyl (C=O) groups is 1. The van der Waals surface area contributed by atoms with Crippen molar-refractivity contribution in [3.8, 4) is 0 Å². The Morgan fingerprint density at radius 3 is 2.53 bits per heavy atom. The Bertz CT molecular complexity index is 320. The van der Waals surface area contributed by atoms with Crippen molar-refractivity contribution in [3.63, 3.8) is 0 Å². The number of methoxy groups -OCH3 is 1. The zero-order chi connectivity index (χ0) is 11.3. The van der Waals surface area contributed by atoms with Crippen LogP contribution in [0, 0.1) is 0 Å². The minimum absolute atomic E-state index is 0.363. The quantitative estimate of drug-likeness (QED) is 0.761. The molecule has 15 heavy (non-hydrogen) atoms. The molecule has 0 amide bonds. The van der Waals surface area contributed by atoms with E-state index < -0.39 is 5.54 Å². The number of hydrogen-bond acceptors (Lipinski definition) is 3. The van der Waals surface area contributed by atoms with Crippen LogP contribution in [0.15, 0.2) is 30.3 Å². The first kappa shape index (κ1) is 11.7. The Balaban J connectivity index is 2.53. The van der Waals surface area contributed by atoms with E-state index in [9.17, 15) is 4.79 Å². The van der Waals surface area contributed by atoms with Crippen LogP contribution in [0.1, 0.15) is 18.9 Å². The molecule has 0 aliphatic rings. The standard InChI is InChI=1S/C12H17NO2/c1-12(13,11(14)15-2)9-8-10-6-4-3-5-7-10/h3-7H,8-9,13H2,1-2H3. The van der Waals surface area contributed by atoms with Gasteiger partial charge >= 0.3 is 5.97 Å². The normalized spacial score (nSPS) is 14.3. The lowest BCUT2D eigenvalue weighted by Gasteiger charge is -2.21. The molecule has 0 bridgehead atoms. The van der Waals surface area contributed by atoms with Crippen molar-refractivity contribution in [2.75, 3.05) is 7.11 Å². The molecule has 0 aliphatic heterocycles. The molecule has 0 aliphatic carbocycles. The van der Waals surface area contributed by atoms with Crippen LogP contribution in [0.25, 0.3) is 0 Å². The van der Waals surface area contributed by atoms with Gasteiger partial charge in [0.05, 0.1) is 7.11 Å². The Labute approximate surface area is 90.2 Å². The molecule has 1 unspecified atom stereocenters. The Hall–Kier alpha value is -1.35. The molecule has 0 saturated heterocycles. The van der Waals surface area contributed by atoms with Crippen LogP contribution in [0.3, 0.4) is 0 Å². The Morgan fingerprint density at radius 1 is 1.40 bits per heavy atom. The second kappa shape index (κ2) is 4.94. The van der Waals surface area contributed by atoms with Crippen LogP contribution < -0.4 is 5.73 Å². The highest BCUT2D eigenvalue weighted by molar-refractivity contribution is 5.79. The molecule has 2 N–H and O–H groups in total. The average molecular weight is 207 g/mol. The molecule has 0 radical (unpaired) electrons. The number of carbonyl (C=O) groups excluding carboxylic acids is 1. The van der Waals surface area contributed by atoms with Crippen molar-refractivity contribution >= 4 is 5.97 Å². The number of nitrogens with two attached hydrogens (primary N) is 1. The third kappa shape index (κ3) is 3.36. The zero-order valence-electron chi connectivity index (χ0n) is 9.19. The van der Waals surface area contributed by atoms with E-state index in [1.165, 1.54) is 12.7 Å². The molecule has 82 valence electrons. The van der Waals surface area contributed by atoms with E-state index in [2.05, 4.69) is 4.74 Å². The van der Waals surface area contributed by atoms with Crippen molar-refractivity contribution in [1.82, 2.24) is 0 Å². The van der Waals surface area contributed by atoms with E-state index in [0.29, 0.717) is 6.42 Å². The van der Waals surface area contributed by atoms with Gasteiger partial charge in [-0.3, -0.25) is 4.79 Å². The van der Waals surface area contributed by atoms with E-state index >= 15 is 0 Å². The van der Waals surface area contributed by atoms with E-state index in [1.807, 2.05) is 30.3 Å². The summed E-state index contributed by atoms with van der Waals surface area (Å²) in [6.07, 6.45) is 1.37.